The molecule has 16 rings (SSSR count). The largest absolute Gasteiger partial charge is 0.522 e. The number of rotatable bonds is 7. The first-order valence-corrected chi connectivity index (χ1v) is 32.5. The number of fused-ring (bicyclic) bond motifs is 6. The van der Waals surface area contributed by atoms with Gasteiger partial charge in [-0.15, -0.1) is 126 Å². The molecular formula is C82H62F5Ir2N7O7S-4. The molecular weight excluding hydrogens is 1710 g/mol. The minimum absolute atomic E-state index is 0. The molecule has 3 N–H and O–H groups in total. The topological polar surface area (TPSA) is 211 Å². The number of nitrogens with zero attached hydrogens (tertiary/aromatic N) is 7. The van der Waals surface area contributed by atoms with Gasteiger partial charge in [0.2, 0.25) is 11.4 Å². The number of aromatic nitrogens is 7. The van der Waals surface area contributed by atoms with Crippen molar-refractivity contribution >= 4 is 54.3 Å². The summed E-state index contributed by atoms with van der Waals surface area (Å²) in [5, 5.41) is 17.9. The Bertz CT molecular complexity index is 4940. The fraction of sp³-hybridized carbons (Fsp3) is 0.0610. The molecule has 0 aliphatic heterocycles. The minimum Gasteiger partial charge on any atom is -0.486 e. The van der Waals surface area contributed by atoms with E-state index in [9.17, 15) is 22.0 Å². The van der Waals surface area contributed by atoms with Gasteiger partial charge in [0.1, 0.15) is 17.2 Å². The van der Waals surface area contributed by atoms with Crippen LogP contribution in [0.4, 0.5) is 22.0 Å². The van der Waals surface area contributed by atoms with Gasteiger partial charge in [0.15, 0.2) is 0 Å². The van der Waals surface area contributed by atoms with Crippen LogP contribution in [-0.2, 0) is 50.3 Å². The van der Waals surface area contributed by atoms with Crippen molar-refractivity contribution in [2.75, 3.05) is 14.2 Å². The second-order valence-corrected chi connectivity index (χ2v) is 22.8. The number of furan rings is 2. The van der Waals surface area contributed by atoms with E-state index in [-0.39, 0.29) is 51.8 Å². The van der Waals surface area contributed by atoms with Crippen LogP contribution in [0.3, 0.4) is 0 Å². The van der Waals surface area contributed by atoms with E-state index < -0.39 is 15.6 Å². The molecule has 530 valence electrons. The normalized spacial score (nSPS) is 10.4. The first-order valence-electron chi connectivity index (χ1n) is 31.0. The summed E-state index contributed by atoms with van der Waals surface area (Å²) in [5.41, 5.74) is 11.6. The molecule has 9 heterocycles. The number of pyridine rings is 7. The number of alkyl halides is 3. The Balaban J connectivity index is 0.000000182. The number of benzene rings is 7. The van der Waals surface area contributed by atoms with E-state index >= 15 is 0 Å². The zero-order chi connectivity index (χ0) is 72.4. The Labute approximate surface area is 624 Å². The second-order valence-electron chi connectivity index (χ2n) is 21.4. The van der Waals surface area contributed by atoms with Gasteiger partial charge in [-0.2, -0.15) is 21.6 Å². The molecule has 0 saturated heterocycles. The summed E-state index contributed by atoms with van der Waals surface area (Å²) in [4.78, 5) is 30.6. The summed E-state index contributed by atoms with van der Waals surface area (Å²) < 4.78 is 96.8. The zero-order valence-electron chi connectivity index (χ0n) is 55.7. The fourth-order valence-corrected chi connectivity index (χ4v) is 9.94. The van der Waals surface area contributed by atoms with Gasteiger partial charge in [0.05, 0.1) is 11.3 Å². The third kappa shape index (κ3) is 21.8. The molecule has 9 aromatic heterocycles. The van der Waals surface area contributed by atoms with Gasteiger partial charge < -0.3 is 39.0 Å². The maximum atomic E-state index is 13.6. The predicted octanol–water partition coefficient (Wildman–Crippen LogP) is 19.4. The Morgan fingerprint density at radius 1 is 0.375 bits per heavy atom. The van der Waals surface area contributed by atoms with E-state index in [2.05, 4.69) is 59.2 Å². The van der Waals surface area contributed by atoms with Crippen molar-refractivity contribution in [2.45, 2.75) is 19.4 Å². The van der Waals surface area contributed by atoms with Crippen LogP contribution < -0.4 is 0 Å². The average Bonchev–Trinajstić information content (AvgIpc) is 1.61. The van der Waals surface area contributed by atoms with Crippen molar-refractivity contribution in [3.63, 3.8) is 0 Å². The summed E-state index contributed by atoms with van der Waals surface area (Å²) >= 11 is 0. The van der Waals surface area contributed by atoms with Gasteiger partial charge in [0, 0.05) is 119 Å². The van der Waals surface area contributed by atoms with Crippen LogP contribution in [0.25, 0.3) is 123 Å². The SMILES string of the molecule is CO.CO.Cc1ccc2c(n1)oc1c(-c3cc(-c4cccc(F)c4)ccn3)[c-]ccc12.Cc1ccc2c(n1)oc1c(-c3cc(-c4cccc(F)c4)ccn3)cccc12.O=S(=O)(O)C(F)(F)F.[Ir].[Ir].[c-]1ccccc1-c1ccccn1.[c-]1ccccc1-c1ccccn1.[c-]1ccccc1-c1ccccn1. The number of aliphatic hydroxyl groups excluding tert-OH is 2. The molecule has 0 atom stereocenters. The van der Waals surface area contributed by atoms with Crippen LogP contribution in [-0.4, -0.2) is 77.8 Å². The Morgan fingerprint density at radius 3 is 1.16 bits per heavy atom. The van der Waals surface area contributed by atoms with Crippen LogP contribution in [0.15, 0.2) is 295 Å². The van der Waals surface area contributed by atoms with E-state index in [1.807, 2.05) is 232 Å². The number of aryl methyl sites for hydroxylation is 2. The number of hydrogen-bond donors (Lipinski definition) is 3. The van der Waals surface area contributed by atoms with Crippen molar-refractivity contribution < 1.29 is 94.2 Å². The van der Waals surface area contributed by atoms with Gasteiger partial charge in [-0.1, -0.05) is 89.8 Å². The monoisotopic (exact) mass is 1770 g/mol. The van der Waals surface area contributed by atoms with Crippen LogP contribution in [0, 0.1) is 49.7 Å². The van der Waals surface area contributed by atoms with Crippen LogP contribution in [0.2, 0.25) is 0 Å². The van der Waals surface area contributed by atoms with Gasteiger partial charge in [0.25, 0.3) is 0 Å². The molecule has 0 aliphatic rings. The van der Waals surface area contributed by atoms with Gasteiger partial charge in [-0.25, -0.2) is 18.7 Å². The maximum Gasteiger partial charge on any atom is 0.522 e. The van der Waals surface area contributed by atoms with Crippen molar-refractivity contribution in [3.8, 4) is 78.5 Å². The summed E-state index contributed by atoms with van der Waals surface area (Å²) in [7, 11) is -3.84. The van der Waals surface area contributed by atoms with E-state index in [4.69, 9.17) is 32.0 Å². The van der Waals surface area contributed by atoms with Gasteiger partial charge >= 0.3 is 15.6 Å². The summed E-state index contributed by atoms with van der Waals surface area (Å²) in [6.07, 6.45) is 8.81. The smallest absolute Gasteiger partial charge is 0.486 e. The van der Waals surface area contributed by atoms with E-state index in [0.29, 0.717) is 17.0 Å². The molecule has 0 saturated carbocycles. The van der Waals surface area contributed by atoms with Crippen molar-refractivity contribution in [3.05, 3.63) is 333 Å². The van der Waals surface area contributed by atoms with Crippen molar-refractivity contribution in [1.82, 2.24) is 34.9 Å². The molecule has 22 heteroatoms. The van der Waals surface area contributed by atoms with Crippen LogP contribution in [0.1, 0.15) is 11.4 Å². The summed E-state index contributed by atoms with van der Waals surface area (Å²) in [5.74, 6) is -0.523. The molecule has 104 heavy (non-hydrogen) atoms. The Kier molecular flexibility index (Phi) is 30.4. The van der Waals surface area contributed by atoms with Crippen LogP contribution in [0.5, 0.6) is 0 Å². The van der Waals surface area contributed by atoms with Crippen molar-refractivity contribution in [2.24, 2.45) is 0 Å². The molecule has 0 aliphatic carbocycles. The van der Waals surface area contributed by atoms with Gasteiger partial charge in [-0.3, -0.25) is 9.54 Å². The van der Waals surface area contributed by atoms with Crippen molar-refractivity contribution in [1.29, 1.82) is 0 Å². The number of halogens is 5. The standard InChI is InChI=1S/C23H15FN2O.C23H14FN2O.3C11H8N.CHF3O3S.2CH4O.2Ir/c2*1-14-8-9-19-18-6-3-7-20(22(18)27-23(19)26-14)21-13-16(10-11-25-21)15-4-2-5-17(24)12-15;3*1-2-6-10(7-3-1)11-8-4-5-9-12-11;2-1(3,4)8(5,6)7;2*1-2;;/h2-13H,1H3;2-6,8-13H,1H3;3*1-6,8-9H;(H,5,6,7);2*2H,1H3;;/q;4*-1;;;;;. The minimum atomic E-state index is -5.84. The quantitative estimate of drug-likeness (QED) is 0.0587. The van der Waals surface area contributed by atoms with E-state index in [1.165, 1.54) is 24.3 Å². The average molecular weight is 1770 g/mol. The molecule has 0 spiro atoms. The summed E-state index contributed by atoms with van der Waals surface area (Å²) in [6.45, 7) is 3.88. The molecule has 0 unspecified atom stereocenters. The van der Waals surface area contributed by atoms with Crippen LogP contribution >= 0.6 is 0 Å². The molecule has 0 amide bonds. The number of aliphatic hydroxyl groups is 2. The van der Waals surface area contributed by atoms with E-state index in [0.717, 1.165) is 131 Å². The molecule has 0 bridgehead atoms. The molecule has 14 nitrogen and oxygen atoms in total. The Hall–Kier alpha value is -11.0. The molecule has 0 fully saturated rings. The first kappa shape index (κ1) is 80.3. The third-order valence-electron chi connectivity index (χ3n) is 14.6. The fourth-order valence-electron chi connectivity index (χ4n) is 9.94. The predicted molar refractivity (Wildman–Crippen MR) is 388 cm³/mol. The molecule has 2 radical (unpaired) electrons. The first-order chi connectivity index (χ1) is 49.5. The Morgan fingerprint density at radius 2 is 0.760 bits per heavy atom. The number of para-hydroxylation sites is 1. The number of hydrogen-bond acceptors (Lipinski definition) is 13. The molecule has 7 aromatic carbocycles. The second kappa shape index (κ2) is 39.4. The summed E-state index contributed by atoms with van der Waals surface area (Å²) in [6, 6.07) is 92.2. The zero-order valence-corrected chi connectivity index (χ0v) is 61.3. The molecule has 16 aromatic rings. The van der Waals surface area contributed by atoms with E-state index in [1.54, 1.807) is 43.1 Å². The van der Waals surface area contributed by atoms with Gasteiger partial charge in [-0.05, 0) is 150 Å². The maximum absolute atomic E-state index is 13.6. The third-order valence-corrected chi connectivity index (χ3v) is 15.1.